The molecule has 16 heavy (non-hydrogen) atoms. The van der Waals surface area contributed by atoms with Crippen LogP contribution in [0.5, 0.6) is 0 Å². The molecule has 1 aliphatic rings. The average Bonchev–Trinajstić information content (AvgIpc) is 2.46. The van der Waals surface area contributed by atoms with Gasteiger partial charge in [0.05, 0.1) is 4.90 Å². The molecule has 1 N–H and O–H groups in total. The molecule has 2 rings (SSSR count). The van der Waals surface area contributed by atoms with E-state index in [1.807, 2.05) is 6.92 Å². The Bertz CT molecular complexity index is 484. The van der Waals surface area contributed by atoms with Crippen LogP contribution in [0.15, 0.2) is 29.2 Å². The van der Waals surface area contributed by atoms with Crippen LogP contribution >= 0.6 is 0 Å². The van der Waals surface area contributed by atoms with Gasteiger partial charge in [0.25, 0.3) is 0 Å². The van der Waals surface area contributed by atoms with Gasteiger partial charge in [-0.3, -0.25) is 0 Å². The Morgan fingerprint density at radius 2 is 2.06 bits per heavy atom. The van der Waals surface area contributed by atoms with Gasteiger partial charge in [-0.25, -0.2) is 8.42 Å². The fourth-order valence-electron chi connectivity index (χ4n) is 1.90. The molecular formula is C11H15NO3S. The summed E-state index contributed by atoms with van der Waals surface area (Å²) in [6.07, 6.45) is 0.632. The predicted molar refractivity (Wildman–Crippen MR) is 60.2 cm³/mol. The lowest BCUT2D eigenvalue weighted by Gasteiger charge is -2.18. The molecule has 0 amide bonds. The zero-order valence-corrected chi connectivity index (χ0v) is 9.94. The molecule has 4 nitrogen and oxygen atoms in total. The number of unbranched alkanes of at least 4 members (excludes halogenated alkanes) is 1. The summed E-state index contributed by atoms with van der Waals surface area (Å²) >= 11 is 0. The lowest BCUT2D eigenvalue weighted by molar-refractivity contribution is 0.0686. The van der Waals surface area contributed by atoms with Crippen molar-refractivity contribution in [3.05, 3.63) is 29.8 Å². The summed E-state index contributed by atoms with van der Waals surface area (Å²) in [6, 6.07) is 6.61. The maximum atomic E-state index is 12.1. The van der Waals surface area contributed by atoms with Crippen molar-refractivity contribution in [3.8, 4) is 0 Å². The second-order valence-corrected chi connectivity index (χ2v) is 5.74. The summed E-state index contributed by atoms with van der Waals surface area (Å²) in [5.74, 6) is 0. The van der Waals surface area contributed by atoms with Crippen LogP contribution in [0.2, 0.25) is 0 Å². The largest absolute Gasteiger partial charge is 0.373 e. The van der Waals surface area contributed by atoms with Crippen molar-refractivity contribution in [2.75, 3.05) is 6.54 Å². The first-order valence-electron chi connectivity index (χ1n) is 5.38. The quantitative estimate of drug-likeness (QED) is 0.872. The van der Waals surface area contributed by atoms with Gasteiger partial charge < -0.3 is 5.11 Å². The third kappa shape index (κ3) is 1.65. The summed E-state index contributed by atoms with van der Waals surface area (Å²) in [6.45, 7) is 2.36. The van der Waals surface area contributed by atoms with Gasteiger partial charge in [-0.1, -0.05) is 31.5 Å². The van der Waals surface area contributed by atoms with E-state index < -0.39 is 16.3 Å². The smallest absolute Gasteiger partial charge is 0.245 e. The first-order chi connectivity index (χ1) is 7.59. The Hall–Kier alpha value is -0.910. The second kappa shape index (κ2) is 4.16. The van der Waals surface area contributed by atoms with Crippen LogP contribution in [0.1, 0.15) is 31.6 Å². The summed E-state index contributed by atoms with van der Waals surface area (Å²) in [5.41, 5.74) is 0.485. The van der Waals surface area contributed by atoms with Crippen molar-refractivity contribution in [1.82, 2.24) is 4.31 Å². The molecule has 1 heterocycles. The lowest BCUT2D eigenvalue weighted by Crippen LogP contribution is -2.29. The number of sulfonamides is 1. The van der Waals surface area contributed by atoms with Crippen LogP contribution < -0.4 is 0 Å². The average molecular weight is 241 g/mol. The summed E-state index contributed by atoms with van der Waals surface area (Å²) in [5, 5.41) is 9.95. The highest BCUT2D eigenvalue weighted by Gasteiger charge is 2.40. The monoisotopic (exact) mass is 241 g/mol. The van der Waals surface area contributed by atoms with E-state index in [0.29, 0.717) is 12.1 Å². The maximum Gasteiger partial charge on any atom is 0.245 e. The van der Waals surface area contributed by atoms with Gasteiger partial charge in [0.2, 0.25) is 10.0 Å². The molecule has 0 aliphatic carbocycles. The summed E-state index contributed by atoms with van der Waals surface area (Å²) in [7, 11) is -3.48. The molecule has 1 aliphatic heterocycles. The number of aliphatic hydroxyl groups excluding tert-OH is 1. The van der Waals surface area contributed by atoms with Gasteiger partial charge in [0.15, 0.2) is 0 Å². The van der Waals surface area contributed by atoms with Crippen LogP contribution in [0.4, 0.5) is 0 Å². The normalized spacial score (nSPS) is 23.2. The number of rotatable bonds is 3. The highest BCUT2D eigenvalue weighted by Crippen LogP contribution is 2.37. The van der Waals surface area contributed by atoms with Gasteiger partial charge >= 0.3 is 0 Å². The Kier molecular flexibility index (Phi) is 3.01. The molecule has 0 saturated heterocycles. The van der Waals surface area contributed by atoms with Gasteiger partial charge in [0.1, 0.15) is 6.23 Å². The van der Waals surface area contributed by atoms with Gasteiger partial charge in [-0.15, -0.1) is 0 Å². The second-order valence-electron chi connectivity index (χ2n) is 3.88. The van der Waals surface area contributed by atoms with Crippen molar-refractivity contribution in [2.24, 2.45) is 0 Å². The van der Waals surface area contributed by atoms with E-state index in [1.54, 1.807) is 24.3 Å². The molecule has 1 aromatic rings. The zero-order chi connectivity index (χ0) is 11.8. The molecule has 1 aromatic carbocycles. The molecule has 0 aromatic heterocycles. The summed E-state index contributed by atoms with van der Waals surface area (Å²) in [4.78, 5) is 0.235. The van der Waals surface area contributed by atoms with Crippen LogP contribution in [0, 0.1) is 0 Å². The Labute approximate surface area is 95.6 Å². The lowest BCUT2D eigenvalue weighted by atomic mass is 10.2. The van der Waals surface area contributed by atoms with Crippen molar-refractivity contribution in [1.29, 1.82) is 0 Å². The molecule has 0 fully saturated rings. The number of nitrogens with zero attached hydrogens (tertiary/aromatic N) is 1. The van der Waals surface area contributed by atoms with Gasteiger partial charge in [-0.05, 0) is 12.5 Å². The third-order valence-electron chi connectivity index (χ3n) is 2.79. The third-order valence-corrected chi connectivity index (χ3v) is 4.72. The van der Waals surface area contributed by atoms with Crippen LogP contribution in [0.25, 0.3) is 0 Å². The first kappa shape index (κ1) is 11.6. The van der Waals surface area contributed by atoms with E-state index in [4.69, 9.17) is 0 Å². The highest BCUT2D eigenvalue weighted by molar-refractivity contribution is 7.89. The number of aliphatic hydroxyl groups is 1. The maximum absolute atomic E-state index is 12.1. The van der Waals surface area contributed by atoms with Crippen molar-refractivity contribution >= 4 is 10.0 Å². The van der Waals surface area contributed by atoms with E-state index in [2.05, 4.69) is 0 Å². The SMILES string of the molecule is CCCCN1[C@H](O)c2ccccc2S1(=O)=O. The standard InChI is InChI=1S/C11H15NO3S/c1-2-3-8-12-11(13)9-6-4-5-7-10(9)16(12,14)15/h4-7,11,13H,2-3,8H2,1H3/t11-/m1/s1. The molecule has 0 saturated carbocycles. The number of hydrogen-bond donors (Lipinski definition) is 1. The van der Waals surface area contributed by atoms with E-state index in [1.165, 1.54) is 4.31 Å². The number of benzene rings is 1. The van der Waals surface area contributed by atoms with E-state index in [0.717, 1.165) is 12.8 Å². The van der Waals surface area contributed by atoms with E-state index in [9.17, 15) is 13.5 Å². The molecule has 1 atom stereocenters. The Balaban J connectivity index is 2.41. The molecule has 88 valence electrons. The predicted octanol–water partition coefficient (Wildman–Crippen LogP) is 1.48. The molecular weight excluding hydrogens is 226 g/mol. The van der Waals surface area contributed by atoms with Gasteiger partial charge in [-0.2, -0.15) is 4.31 Å². The molecule has 0 unspecified atom stereocenters. The van der Waals surface area contributed by atoms with E-state index in [-0.39, 0.29) is 4.90 Å². The zero-order valence-electron chi connectivity index (χ0n) is 9.13. The highest BCUT2D eigenvalue weighted by atomic mass is 32.2. The molecule has 0 bridgehead atoms. The Morgan fingerprint density at radius 3 is 2.69 bits per heavy atom. The van der Waals surface area contributed by atoms with E-state index >= 15 is 0 Å². The fourth-order valence-corrected chi connectivity index (χ4v) is 3.62. The summed E-state index contributed by atoms with van der Waals surface area (Å²) < 4.78 is 25.3. The molecule has 0 radical (unpaired) electrons. The fraction of sp³-hybridized carbons (Fsp3) is 0.455. The van der Waals surface area contributed by atoms with Crippen molar-refractivity contribution in [2.45, 2.75) is 30.9 Å². The number of hydrogen-bond acceptors (Lipinski definition) is 3. The Morgan fingerprint density at radius 1 is 1.38 bits per heavy atom. The minimum absolute atomic E-state index is 0.235. The minimum Gasteiger partial charge on any atom is -0.373 e. The van der Waals surface area contributed by atoms with Crippen LogP contribution in [-0.4, -0.2) is 24.4 Å². The number of fused-ring (bicyclic) bond motifs is 1. The van der Waals surface area contributed by atoms with Crippen LogP contribution in [-0.2, 0) is 10.0 Å². The topological polar surface area (TPSA) is 57.6 Å². The molecule has 0 spiro atoms. The van der Waals surface area contributed by atoms with Gasteiger partial charge in [0, 0.05) is 12.1 Å². The first-order valence-corrected chi connectivity index (χ1v) is 6.82. The van der Waals surface area contributed by atoms with Crippen molar-refractivity contribution in [3.63, 3.8) is 0 Å². The molecule has 5 heteroatoms. The van der Waals surface area contributed by atoms with Crippen molar-refractivity contribution < 1.29 is 13.5 Å². The minimum atomic E-state index is -3.48. The van der Waals surface area contributed by atoms with Crippen LogP contribution in [0.3, 0.4) is 0 Å².